The Bertz CT molecular complexity index is 322. The first-order chi connectivity index (χ1) is 7.61. The zero-order valence-corrected chi connectivity index (χ0v) is 9.11. The molecule has 2 N–H and O–H groups in total. The SMILES string of the molecule is O=C(O)C1CCC(C(=O)O)C2=C1CCCC2. The molecule has 2 aliphatic rings. The Morgan fingerprint density at radius 3 is 1.56 bits per heavy atom. The van der Waals surface area contributed by atoms with Crippen LogP contribution in [0.5, 0.6) is 0 Å². The molecule has 2 rings (SSSR count). The van der Waals surface area contributed by atoms with Crippen LogP contribution < -0.4 is 0 Å². The van der Waals surface area contributed by atoms with Crippen molar-refractivity contribution in [1.82, 2.24) is 0 Å². The minimum absolute atomic E-state index is 0.425. The van der Waals surface area contributed by atoms with Crippen LogP contribution >= 0.6 is 0 Å². The van der Waals surface area contributed by atoms with Gasteiger partial charge in [-0.3, -0.25) is 9.59 Å². The summed E-state index contributed by atoms with van der Waals surface area (Å²) < 4.78 is 0. The second-order valence-electron chi connectivity index (χ2n) is 4.62. The average molecular weight is 224 g/mol. The number of carboxylic acids is 2. The smallest absolute Gasteiger partial charge is 0.310 e. The van der Waals surface area contributed by atoms with Crippen LogP contribution in [0.25, 0.3) is 0 Å². The third-order valence-corrected chi connectivity index (χ3v) is 3.74. The lowest BCUT2D eigenvalue weighted by molar-refractivity contribution is -0.144. The highest BCUT2D eigenvalue weighted by molar-refractivity contribution is 5.78. The summed E-state index contributed by atoms with van der Waals surface area (Å²) in [6, 6.07) is 0. The molecule has 0 bridgehead atoms. The van der Waals surface area contributed by atoms with E-state index in [0.29, 0.717) is 12.8 Å². The van der Waals surface area contributed by atoms with Gasteiger partial charge in [-0.1, -0.05) is 11.1 Å². The quantitative estimate of drug-likeness (QED) is 0.704. The molecule has 4 nitrogen and oxygen atoms in total. The summed E-state index contributed by atoms with van der Waals surface area (Å²) in [5.74, 6) is -2.44. The fourth-order valence-corrected chi connectivity index (χ4v) is 2.97. The van der Waals surface area contributed by atoms with Crippen molar-refractivity contribution in [2.75, 3.05) is 0 Å². The zero-order valence-electron chi connectivity index (χ0n) is 9.11. The Morgan fingerprint density at radius 2 is 1.25 bits per heavy atom. The maximum absolute atomic E-state index is 11.1. The predicted molar refractivity (Wildman–Crippen MR) is 57.0 cm³/mol. The van der Waals surface area contributed by atoms with Crippen molar-refractivity contribution in [1.29, 1.82) is 0 Å². The lowest BCUT2D eigenvalue weighted by Gasteiger charge is -2.33. The molecule has 0 amide bonds. The van der Waals surface area contributed by atoms with Gasteiger partial charge in [-0.25, -0.2) is 0 Å². The number of aliphatic carboxylic acids is 2. The number of hydrogen-bond acceptors (Lipinski definition) is 2. The largest absolute Gasteiger partial charge is 0.481 e. The maximum Gasteiger partial charge on any atom is 0.310 e. The molecule has 0 saturated heterocycles. The van der Waals surface area contributed by atoms with Crippen LogP contribution in [0.1, 0.15) is 38.5 Å². The van der Waals surface area contributed by atoms with Gasteiger partial charge in [0.25, 0.3) is 0 Å². The number of carboxylic acid groups (broad SMARTS) is 2. The fourth-order valence-electron chi connectivity index (χ4n) is 2.97. The molecular formula is C12H16O4. The highest BCUT2D eigenvalue weighted by Gasteiger charge is 2.37. The van der Waals surface area contributed by atoms with E-state index in [4.69, 9.17) is 10.2 Å². The summed E-state index contributed by atoms with van der Waals surface area (Å²) in [7, 11) is 0. The molecule has 16 heavy (non-hydrogen) atoms. The van der Waals surface area contributed by atoms with Crippen molar-refractivity contribution in [3.8, 4) is 0 Å². The lowest BCUT2D eigenvalue weighted by Crippen LogP contribution is -2.30. The van der Waals surface area contributed by atoms with Crippen LogP contribution in [0, 0.1) is 11.8 Å². The lowest BCUT2D eigenvalue weighted by atomic mass is 9.71. The van der Waals surface area contributed by atoms with E-state index in [-0.39, 0.29) is 0 Å². The van der Waals surface area contributed by atoms with Gasteiger partial charge in [0.1, 0.15) is 0 Å². The molecule has 0 radical (unpaired) electrons. The molecule has 0 aromatic carbocycles. The molecule has 0 spiro atoms. The minimum atomic E-state index is -0.793. The van der Waals surface area contributed by atoms with Crippen LogP contribution in [-0.2, 0) is 9.59 Å². The Morgan fingerprint density at radius 1 is 0.875 bits per heavy atom. The molecule has 2 atom stereocenters. The molecule has 88 valence electrons. The molecular weight excluding hydrogens is 208 g/mol. The van der Waals surface area contributed by atoms with Gasteiger partial charge in [0.2, 0.25) is 0 Å². The molecule has 0 saturated carbocycles. The number of carbonyl (C=O) groups is 2. The molecule has 2 unspecified atom stereocenters. The Balaban J connectivity index is 2.36. The van der Waals surface area contributed by atoms with Crippen LogP contribution in [0.3, 0.4) is 0 Å². The van der Waals surface area contributed by atoms with Gasteiger partial charge in [0, 0.05) is 0 Å². The molecule has 0 aromatic heterocycles. The summed E-state index contributed by atoms with van der Waals surface area (Å²) in [5.41, 5.74) is 1.83. The first-order valence-electron chi connectivity index (χ1n) is 5.78. The Labute approximate surface area is 94.0 Å². The normalized spacial score (nSPS) is 29.8. The van der Waals surface area contributed by atoms with Crippen molar-refractivity contribution in [3.05, 3.63) is 11.1 Å². The average Bonchev–Trinajstić information content (AvgIpc) is 2.27. The standard InChI is InChI=1S/C12H16O4/c13-11(14)9-5-6-10(12(15)16)8-4-2-1-3-7(8)9/h9-10H,1-6H2,(H,13,14)(H,15,16). The van der Waals surface area contributed by atoms with Crippen molar-refractivity contribution in [2.45, 2.75) is 38.5 Å². The van der Waals surface area contributed by atoms with Gasteiger partial charge in [-0.2, -0.15) is 0 Å². The molecule has 0 fully saturated rings. The molecule has 0 aliphatic heterocycles. The monoisotopic (exact) mass is 224 g/mol. The van der Waals surface area contributed by atoms with E-state index in [9.17, 15) is 9.59 Å². The van der Waals surface area contributed by atoms with E-state index in [2.05, 4.69) is 0 Å². The molecule has 4 heteroatoms. The van der Waals surface area contributed by atoms with Gasteiger partial charge in [-0.05, 0) is 38.5 Å². The fraction of sp³-hybridized carbons (Fsp3) is 0.667. The summed E-state index contributed by atoms with van der Waals surface area (Å²) in [4.78, 5) is 22.2. The third kappa shape index (κ3) is 1.84. The predicted octanol–water partition coefficient (Wildman–Crippen LogP) is 2.05. The van der Waals surface area contributed by atoms with E-state index in [0.717, 1.165) is 36.8 Å². The van der Waals surface area contributed by atoms with Gasteiger partial charge in [0.15, 0.2) is 0 Å². The van der Waals surface area contributed by atoms with Crippen molar-refractivity contribution in [3.63, 3.8) is 0 Å². The van der Waals surface area contributed by atoms with Crippen LogP contribution in [0.2, 0.25) is 0 Å². The second-order valence-corrected chi connectivity index (χ2v) is 4.62. The van der Waals surface area contributed by atoms with Gasteiger partial charge in [0.05, 0.1) is 11.8 Å². The van der Waals surface area contributed by atoms with E-state index in [1.807, 2.05) is 0 Å². The summed E-state index contributed by atoms with van der Waals surface area (Å²) in [6.07, 6.45) is 4.49. The first kappa shape index (κ1) is 11.2. The van der Waals surface area contributed by atoms with Gasteiger partial charge < -0.3 is 10.2 Å². The highest BCUT2D eigenvalue weighted by Crippen LogP contribution is 2.42. The summed E-state index contributed by atoms with van der Waals surface area (Å²) in [5, 5.41) is 18.2. The number of rotatable bonds is 2. The second kappa shape index (κ2) is 4.28. The molecule has 0 heterocycles. The van der Waals surface area contributed by atoms with E-state index >= 15 is 0 Å². The Hall–Kier alpha value is -1.32. The number of hydrogen-bond donors (Lipinski definition) is 2. The van der Waals surface area contributed by atoms with Crippen LogP contribution in [0.15, 0.2) is 11.1 Å². The van der Waals surface area contributed by atoms with Crippen molar-refractivity contribution >= 4 is 11.9 Å². The van der Waals surface area contributed by atoms with Crippen molar-refractivity contribution in [2.24, 2.45) is 11.8 Å². The Kier molecular flexibility index (Phi) is 2.99. The van der Waals surface area contributed by atoms with Crippen molar-refractivity contribution < 1.29 is 19.8 Å². The van der Waals surface area contributed by atoms with E-state index in [1.54, 1.807) is 0 Å². The molecule has 0 aromatic rings. The summed E-state index contributed by atoms with van der Waals surface area (Å²) in [6.45, 7) is 0. The zero-order chi connectivity index (χ0) is 11.7. The topological polar surface area (TPSA) is 74.6 Å². The van der Waals surface area contributed by atoms with E-state index < -0.39 is 23.8 Å². The highest BCUT2D eigenvalue weighted by atomic mass is 16.4. The van der Waals surface area contributed by atoms with Gasteiger partial charge >= 0.3 is 11.9 Å². The molecule has 2 aliphatic carbocycles. The summed E-state index contributed by atoms with van der Waals surface area (Å²) >= 11 is 0. The van der Waals surface area contributed by atoms with Crippen LogP contribution in [-0.4, -0.2) is 22.2 Å². The third-order valence-electron chi connectivity index (χ3n) is 3.74. The minimum Gasteiger partial charge on any atom is -0.481 e. The van der Waals surface area contributed by atoms with E-state index in [1.165, 1.54) is 0 Å². The first-order valence-corrected chi connectivity index (χ1v) is 5.78. The maximum atomic E-state index is 11.1. The van der Waals surface area contributed by atoms with Crippen LogP contribution in [0.4, 0.5) is 0 Å². The van der Waals surface area contributed by atoms with Gasteiger partial charge in [-0.15, -0.1) is 0 Å².